The van der Waals surface area contributed by atoms with Crippen molar-refractivity contribution in [3.8, 4) is 0 Å². The molecule has 0 radical (unpaired) electrons. The summed E-state index contributed by atoms with van der Waals surface area (Å²) in [6.07, 6.45) is 5.11. The van der Waals surface area contributed by atoms with E-state index in [2.05, 4.69) is 10.2 Å². The van der Waals surface area contributed by atoms with Gasteiger partial charge in [-0.2, -0.15) is 0 Å². The molecule has 0 aliphatic carbocycles. The molecular formula is C16H30N2O2. The largest absolute Gasteiger partial charge is 0.465 e. The van der Waals surface area contributed by atoms with Gasteiger partial charge in [-0.25, -0.2) is 0 Å². The van der Waals surface area contributed by atoms with Crippen LogP contribution in [0.4, 0.5) is 0 Å². The maximum absolute atomic E-state index is 12.2. The van der Waals surface area contributed by atoms with Crippen molar-refractivity contribution in [2.45, 2.75) is 52.0 Å². The van der Waals surface area contributed by atoms with E-state index >= 15 is 0 Å². The SMILES string of the molecule is CCOC(=O)C(C)(C)N1CCCC(C2CCNCC2)C1. The van der Waals surface area contributed by atoms with Crippen molar-refractivity contribution in [3.63, 3.8) is 0 Å². The molecule has 1 N–H and O–H groups in total. The molecule has 4 heteroatoms. The smallest absolute Gasteiger partial charge is 0.325 e. The second-order valence-corrected chi connectivity index (χ2v) is 6.72. The predicted molar refractivity (Wildman–Crippen MR) is 80.6 cm³/mol. The number of ether oxygens (including phenoxy) is 1. The van der Waals surface area contributed by atoms with Crippen LogP contribution in [0.5, 0.6) is 0 Å². The lowest BCUT2D eigenvalue weighted by molar-refractivity contribution is -0.157. The second kappa shape index (κ2) is 6.90. The third kappa shape index (κ3) is 3.53. The predicted octanol–water partition coefficient (Wildman–Crippen LogP) is 2.04. The number of carbonyl (C=O) groups excluding carboxylic acids is 1. The molecule has 1 atom stereocenters. The van der Waals surface area contributed by atoms with Gasteiger partial charge in [0.25, 0.3) is 0 Å². The Morgan fingerprint density at radius 1 is 1.25 bits per heavy atom. The molecule has 2 heterocycles. The van der Waals surface area contributed by atoms with Gasteiger partial charge in [-0.15, -0.1) is 0 Å². The number of piperidine rings is 2. The number of rotatable bonds is 4. The van der Waals surface area contributed by atoms with Crippen LogP contribution in [0.15, 0.2) is 0 Å². The molecule has 0 aromatic carbocycles. The van der Waals surface area contributed by atoms with E-state index in [1.54, 1.807) is 0 Å². The molecule has 0 bridgehead atoms. The Labute approximate surface area is 123 Å². The van der Waals surface area contributed by atoms with E-state index in [9.17, 15) is 4.79 Å². The van der Waals surface area contributed by atoms with Crippen LogP contribution < -0.4 is 5.32 Å². The van der Waals surface area contributed by atoms with Gasteiger partial charge in [0.05, 0.1) is 6.61 Å². The summed E-state index contributed by atoms with van der Waals surface area (Å²) in [6.45, 7) is 10.7. The highest BCUT2D eigenvalue weighted by Crippen LogP contribution is 2.32. The first-order valence-electron chi connectivity index (χ1n) is 8.18. The monoisotopic (exact) mass is 282 g/mol. The highest BCUT2D eigenvalue weighted by molar-refractivity contribution is 5.79. The fourth-order valence-corrected chi connectivity index (χ4v) is 3.65. The van der Waals surface area contributed by atoms with Crippen molar-refractivity contribution in [1.29, 1.82) is 0 Å². The Balaban J connectivity index is 1.96. The lowest BCUT2D eigenvalue weighted by Gasteiger charge is -2.44. The quantitative estimate of drug-likeness (QED) is 0.801. The average Bonchev–Trinajstić information content (AvgIpc) is 2.48. The van der Waals surface area contributed by atoms with E-state index in [1.807, 2.05) is 20.8 Å². The minimum Gasteiger partial charge on any atom is -0.465 e. The molecule has 116 valence electrons. The van der Waals surface area contributed by atoms with E-state index in [1.165, 1.54) is 25.7 Å². The van der Waals surface area contributed by atoms with Crippen molar-refractivity contribution in [1.82, 2.24) is 10.2 Å². The average molecular weight is 282 g/mol. The summed E-state index contributed by atoms with van der Waals surface area (Å²) in [5.74, 6) is 1.50. The first-order valence-corrected chi connectivity index (χ1v) is 8.18. The molecule has 1 unspecified atom stereocenters. The second-order valence-electron chi connectivity index (χ2n) is 6.72. The molecule has 4 nitrogen and oxygen atoms in total. The van der Waals surface area contributed by atoms with Gasteiger partial charge >= 0.3 is 5.97 Å². The Morgan fingerprint density at radius 2 is 1.95 bits per heavy atom. The van der Waals surface area contributed by atoms with Gasteiger partial charge < -0.3 is 10.1 Å². The highest BCUT2D eigenvalue weighted by atomic mass is 16.5. The van der Waals surface area contributed by atoms with E-state index in [0.29, 0.717) is 6.61 Å². The molecular weight excluding hydrogens is 252 g/mol. The Hall–Kier alpha value is -0.610. The van der Waals surface area contributed by atoms with Crippen molar-refractivity contribution >= 4 is 5.97 Å². The summed E-state index contributed by atoms with van der Waals surface area (Å²) in [6, 6.07) is 0. The summed E-state index contributed by atoms with van der Waals surface area (Å²) in [4.78, 5) is 14.5. The third-order valence-corrected chi connectivity index (χ3v) is 5.07. The molecule has 2 aliphatic rings. The topological polar surface area (TPSA) is 41.6 Å². The fourth-order valence-electron chi connectivity index (χ4n) is 3.65. The molecule has 2 saturated heterocycles. The van der Waals surface area contributed by atoms with Gasteiger partial charge in [-0.3, -0.25) is 9.69 Å². The zero-order valence-electron chi connectivity index (χ0n) is 13.3. The van der Waals surface area contributed by atoms with Gasteiger partial charge in [0.15, 0.2) is 0 Å². The van der Waals surface area contributed by atoms with Crippen LogP contribution >= 0.6 is 0 Å². The minimum atomic E-state index is -0.485. The maximum atomic E-state index is 12.2. The first-order chi connectivity index (χ1) is 9.55. The van der Waals surface area contributed by atoms with Gasteiger partial charge in [0.1, 0.15) is 5.54 Å². The number of likely N-dealkylation sites (tertiary alicyclic amines) is 1. The first kappa shape index (κ1) is 15.8. The van der Waals surface area contributed by atoms with Crippen molar-refractivity contribution in [2.75, 3.05) is 32.8 Å². The Kier molecular flexibility index (Phi) is 5.44. The van der Waals surface area contributed by atoms with Crippen molar-refractivity contribution < 1.29 is 9.53 Å². The number of nitrogens with zero attached hydrogens (tertiary/aromatic N) is 1. The molecule has 0 saturated carbocycles. The Bertz CT molecular complexity index is 324. The molecule has 0 spiro atoms. The lowest BCUT2D eigenvalue weighted by atomic mass is 9.79. The molecule has 2 fully saturated rings. The van der Waals surface area contributed by atoms with Gasteiger partial charge in [0.2, 0.25) is 0 Å². The standard InChI is InChI=1S/C16H30N2O2/c1-4-20-15(19)16(2,3)18-11-5-6-14(12-18)13-7-9-17-10-8-13/h13-14,17H,4-12H2,1-3H3. The van der Waals surface area contributed by atoms with Crippen LogP contribution in [0.2, 0.25) is 0 Å². The van der Waals surface area contributed by atoms with Gasteiger partial charge in [-0.1, -0.05) is 0 Å². The molecule has 0 amide bonds. The summed E-state index contributed by atoms with van der Waals surface area (Å²) < 4.78 is 5.25. The molecule has 20 heavy (non-hydrogen) atoms. The van der Waals surface area contributed by atoms with Crippen molar-refractivity contribution in [2.24, 2.45) is 11.8 Å². The number of hydrogen-bond donors (Lipinski definition) is 1. The molecule has 0 aromatic rings. The molecule has 2 rings (SSSR count). The lowest BCUT2D eigenvalue weighted by Crippen LogP contribution is -2.55. The summed E-state index contributed by atoms with van der Waals surface area (Å²) in [5.41, 5.74) is -0.485. The molecule has 2 aliphatic heterocycles. The van der Waals surface area contributed by atoms with Crippen LogP contribution in [0.1, 0.15) is 46.5 Å². The van der Waals surface area contributed by atoms with Gasteiger partial charge in [-0.05, 0) is 77.9 Å². The van der Waals surface area contributed by atoms with E-state index in [-0.39, 0.29) is 5.97 Å². The van der Waals surface area contributed by atoms with Crippen LogP contribution in [0.3, 0.4) is 0 Å². The summed E-state index contributed by atoms with van der Waals surface area (Å²) >= 11 is 0. The van der Waals surface area contributed by atoms with Crippen LogP contribution in [0.25, 0.3) is 0 Å². The number of esters is 1. The third-order valence-electron chi connectivity index (χ3n) is 5.07. The zero-order valence-corrected chi connectivity index (χ0v) is 13.3. The van der Waals surface area contributed by atoms with Gasteiger partial charge in [0, 0.05) is 6.54 Å². The van der Waals surface area contributed by atoms with E-state index in [0.717, 1.165) is 38.0 Å². The normalized spacial score (nSPS) is 26.4. The maximum Gasteiger partial charge on any atom is 0.325 e. The number of hydrogen-bond acceptors (Lipinski definition) is 4. The number of carbonyl (C=O) groups is 1. The van der Waals surface area contributed by atoms with Crippen molar-refractivity contribution in [3.05, 3.63) is 0 Å². The van der Waals surface area contributed by atoms with E-state index in [4.69, 9.17) is 4.74 Å². The molecule has 0 aromatic heterocycles. The van der Waals surface area contributed by atoms with Crippen LogP contribution in [-0.2, 0) is 9.53 Å². The Morgan fingerprint density at radius 3 is 2.60 bits per heavy atom. The minimum absolute atomic E-state index is 0.0778. The zero-order chi connectivity index (χ0) is 14.6. The summed E-state index contributed by atoms with van der Waals surface area (Å²) in [7, 11) is 0. The summed E-state index contributed by atoms with van der Waals surface area (Å²) in [5, 5.41) is 3.44. The van der Waals surface area contributed by atoms with Crippen LogP contribution in [0, 0.1) is 11.8 Å². The van der Waals surface area contributed by atoms with E-state index < -0.39 is 5.54 Å². The number of nitrogens with one attached hydrogen (secondary N) is 1. The highest BCUT2D eigenvalue weighted by Gasteiger charge is 2.40. The van der Waals surface area contributed by atoms with Crippen LogP contribution in [-0.4, -0.2) is 49.2 Å². The fraction of sp³-hybridized carbons (Fsp3) is 0.938.